The van der Waals surface area contributed by atoms with Gasteiger partial charge in [-0.2, -0.15) is 0 Å². The molecule has 0 saturated heterocycles. The van der Waals surface area contributed by atoms with E-state index in [9.17, 15) is 9.90 Å². The summed E-state index contributed by atoms with van der Waals surface area (Å²) in [5.41, 5.74) is 1.09. The number of imidazole rings is 1. The first-order chi connectivity index (χ1) is 8.50. The Morgan fingerprint density at radius 1 is 1.56 bits per heavy atom. The molecule has 0 bridgehead atoms. The van der Waals surface area contributed by atoms with E-state index in [2.05, 4.69) is 10.1 Å². The first-order valence-electron chi connectivity index (χ1n) is 5.69. The number of carboxylic acids is 1. The van der Waals surface area contributed by atoms with Crippen molar-refractivity contribution in [3.63, 3.8) is 0 Å². The Hall–Kier alpha value is -2.11. The Morgan fingerprint density at radius 3 is 2.78 bits per heavy atom. The highest BCUT2D eigenvalue weighted by Crippen LogP contribution is 2.26. The minimum atomic E-state index is -1.02. The Balaban J connectivity index is 2.52. The minimum Gasteiger partial charge on any atom is -0.477 e. The van der Waals surface area contributed by atoms with E-state index in [4.69, 9.17) is 4.52 Å². The predicted molar refractivity (Wildman–Crippen MR) is 64.2 cm³/mol. The van der Waals surface area contributed by atoms with E-state index < -0.39 is 5.97 Å². The molecule has 0 aromatic carbocycles. The van der Waals surface area contributed by atoms with Crippen LogP contribution in [0.2, 0.25) is 0 Å². The minimum absolute atomic E-state index is 0.132. The smallest absolute Gasteiger partial charge is 0.341 e. The summed E-state index contributed by atoms with van der Waals surface area (Å²) in [5, 5.41) is 13.2. The van der Waals surface area contributed by atoms with E-state index in [1.54, 1.807) is 24.1 Å². The van der Waals surface area contributed by atoms with Crippen molar-refractivity contribution in [1.29, 1.82) is 0 Å². The fraction of sp³-hybridized carbons (Fsp3) is 0.417. The van der Waals surface area contributed by atoms with E-state index >= 15 is 0 Å². The van der Waals surface area contributed by atoms with Crippen molar-refractivity contribution in [2.75, 3.05) is 0 Å². The van der Waals surface area contributed by atoms with Crippen LogP contribution in [-0.2, 0) is 13.5 Å². The van der Waals surface area contributed by atoms with Crippen LogP contribution in [0.3, 0.4) is 0 Å². The Kier molecular flexibility index (Phi) is 3.18. The normalized spacial score (nSPS) is 11.1. The zero-order valence-corrected chi connectivity index (χ0v) is 10.5. The second-order valence-electron chi connectivity index (χ2n) is 4.62. The monoisotopic (exact) mass is 249 g/mol. The molecule has 0 atom stereocenters. The number of hydrogen-bond donors (Lipinski definition) is 1. The summed E-state index contributed by atoms with van der Waals surface area (Å²) in [7, 11) is 1.78. The Bertz CT molecular complexity index is 569. The number of aryl methyl sites for hydroxylation is 1. The molecular weight excluding hydrogens is 234 g/mol. The van der Waals surface area contributed by atoms with Gasteiger partial charge in [0.05, 0.1) is 18.2 Å². The lowest BCUT2D eigenvalue weighted by molar-refractivity contribution is 0.0695. The van der Waals surface area contributed by atoms with Crippen molar-refractivity contribution < 1.29 is 14.4 Å². The van der Waals surface area contributed by atoms with Gasteiger partial charge >= 0.3 is 5.97 Å². The summed E-state index contributed by atoms with van der Waals surface area (Å²) in [5.74, 6) is -0.313. The summed E-state index contributed by atoms with van der Waals surface area (Å²) in [6.45, 7) is 4.00. The van der Waals surface area contributed by atoms with E-state index in [0.29, 0.717) is 29.5 Å². The number of carbonyl (C=O) groups is 1. The van der Waals surface area contributed by atoms with Gasteiger partial charge in [-0.15, -0.1) is 0 Å². The standard InChI is InChI=1S/C12H15N3O3/c1-7(2)4-9-10(12(16)17)11(14-18-9)8-5-13-6-15(8)3/h5-7H,4H2,1-3H3,(H,16,17). The van der Waals surface area contributed by atoms with Gasteiger partial charge in [-0.1, -0.05) is 19.0 Å². The molecule has 96 valence electrons. The van der Waals surface area contributed by atoms with Gasteiger partial charge < -0.3 is 14.2 Å². The van der Waals surface area contributed by atoms with E-state index in [1.165, 1.54) is 0 Å². The number of hydrogen-bond acceptors (Lipinski definition) is 4. The van der Waals surface area contributed by atoms with Gasteiger partial charge in [0.2, 0.25) is 0 Å². The molecule has 0 radical (unpaired) electrons. The van der Waals surface area contributed by atoms with E-state index in [-0.39, 0.29) is 5.56 Å². The lowest BCUT2D eigenvalue weighted by Crippen LogP contribution is -2.05. The molecule has 2 aromatic heterocycles. The van der Waals surface area contributed by atoms with Crippen LogP contribution in [0.1, 0.15) is 30.0 Å². The topological polar surface area (TPSA) is 81.2 Å². The summed E-state index contributed by atoms with van der Waals surface area (Å²) >= 11 is 0. The van der Waals surface area contributed by atoms with E-state index in [0.717, 1.165) is 0 Å². The molecular formula is C12H15N3O3. The van der Waals surface area contributed by atoms with Crippen LogP contribution >= 0.6 is 0 Å². The van der Waals surface area contributed by atoms with Crippen molar-refractivity contribution in [2.45, 2.75) is 20.3 Å². The van der Waals surface area contributed by atoms with Crippen LogP contribution in [0.15, 0.2) is 17.0 Å². The summed E-state index contributed by atoms with van der Waals surface area (Å²) in [4.78, 5) is 15.3. The molecule has 0 fully saturated rings. The predicted octanol–water partition coefficient (Wildman–Crippen LogP) is 1.97. The van der Waals surface area contributed by atoms with Crippen LogP contribution in [-0.4, -0.2) is 25.8 Å². The number of carboxylic acid groups (broad SMARTS) is 1. The first kappa shape index (κ1) is 12.3. The van der Waals surface area contributed by atoms with Gasteiger partial charge in [0, 0.05) is 13.5 Å². The average Bonchev–Trinajstić information content (AvgIpc) is 2.83. The zero-order valence-electron chi connectivity index (χ0n) is 10.5. The van der Waals surface area contributed by atoms with E-state index in [1.807, 2.05) is 13.8 Å². The third-order valence-electron chi connectivity index (χ3n) is 2.63. The maximum absolute atomic E-state index is 11.4. The van der Waals surface area contributed by atoms with Crippen LogP contribution < -0.4 is 0 Å². The molecule has 0 amide bonds. The third kappa shape index (κ3) is 2.13. The molecule has 0 aliphatic heterocycles. The van der Waals surface area contributed by atoms with Gasteiger partial charge in [0.25, 0.3) is 0 Å². The highest BCUT2D eigenvalue weighted by atomic mass is 16.5. The number of aromatic carboxylic acids is 1. The van der Waals surface area contributed by atoms with Crippen LogP contribution in [0.4, 0.5) is 0 Å². The lowest BCUT2D eigenvalue weighted by Gasteiger charge is -2.02. The molecule has 6 heteroatoms. The van der Waals surface area contributed by atoms with Crippen LogP contribution in [0.5, 0.6) is 0 Å². The lowest BCUT2D eigenvalue weighted by atomic mass is 10.0. The highest BCUT2D eigenvalue weighted by Gasteiger charge is 2.25. The summed E-state index contributed by atoms with van der Waals surface area (Å²) < 4.78 is 6.89. The zero-order chi connectivity index (χ0) is 13.3. The SMILES string of the molecule is CC(C)Cc1onc(-c2cncn2C)c1C(=O)O. The fourth-order valence-electron chi connectivity index (χ4n) is 1.81. The Morgan fingerprint density at radius 2 is 2.28 bits per heavy atom. The largest absolute Gasteiger partial charge is 0.477 e. The number of aromatic nitrogens is 3. The van der Waals surface area contributed by atoms with Crippen molar-refractivity contribution in [2.24, 2.45) is 13.0 Å². The van der Waals surface area contributed by atoms with Gasteiger partial charge in [0.1, 0.15) is 11.3 Å². The second-order valence-corrected chi connectivity index (χ2v) is 4.62. The van der Waals surface area contributed by atoms with Crippen molar-refractivity contribution >= 4 is 5.97 Å². The maximum Gasteiger partial charge on any atom is 0.341 e. The van der Waals surface area contributed by atoms with Crippen molar-refractivity contribution in [3.05, 3.63) is 23.8 Å². The highest BCUT2D eigenvalue weighted by molar-refractivity contribution is 5.95. The van der Waals surface area contributed by atoms with Gasteiger partial charge in [0.15, 0.2) is 5.76 Å². The molecule has 2 rings (SSSR count). The van der Waals surface area contributed by atoms with Crippen molar-refractivity contribution in [3.8, 4) is 11.4 Å². The molecule has 0 saturated carbocycles. The molecule has 2 heterocycles. The first-order valence-corrected chi connectivity index (χ1v) is 5.69. The quantitative estimate of drug-likeness (QED) is 0.895. The van der Waals surface area contributed by atoms with Crippen LogP contribution in [0, 0.1) is 5.92 Å². The third-order valence-corrected chi connectivity index (χ3v) is 2.63. The molecule has 1 N–H and O–H groups in total. The number of nitrogens with zero attached hydrogens (tertiary/aromatic N) is 3. The molecule has 18 heavy (non-hydrogen) atoms. The average molecular weight is 249 g/mol. The molecule has 0 aliphatic carbocycles. The Labute approximate surface area is 104 Å². The molecule has 6 nitrogen and oxygen atoms in total. The van der Waals surface area contributed by atoms with Crippen molar-refractivity contribution in [1.82, 2.24) is 14.7 Å². The molecule has 0 unspecified atom stereocenters. The number of rotatable bonds is 4. The van der Waals surface area contributed by atoms with Gasteiger partial charge in [-0.25, -0.2) is 9.78 Å². The van der Waals surface area contributed by atoms with Gasteiger partial charge in [-0.3, -0.25) is 0 Å². The van der Waals surface area contributed by atoms with Crippen LogP contribution in [0.25, 0.3) is 11.4 Å². The fourth-order valence-corrected chi connectivity index (χ4v) is 1.81. The maximum atomic E-state index is 11.4. The molecule has 2 aromatic rings. The summed E-state index contributed by atoms with van der Waals surface area (Å²) in [6.07, 6.45) is 3.72. The molecule has 0 spiro atoms. The second kappa shape index (κ2) is 4.64. The summed E-state index contributed by atoms with van der Waals surface area (Å²) in [6, 6.07) is 0. The van der Waals surface area contributed by atoms with Gasteiger partial charge in [-0.05, 0) is 5.92 Å². The molecule has 0 aliphatic rings.